The summed E-state index contributed by atoms with van der Waals surface area (Å²) in [5, 5.41) is 10.8. The van der Waals surface area contributed by atoms with Gasteiger partial charge in [-0.1, -0.05) is 115 Å². The van der Waals surface area contributed by atoms with Crippen molar-refractivity contribution in [3.63, 3.8) is 0 Å². The summed E-state index contributed by atoms with van der Waals surface area (Å²) < 4.78 is 11.4. The van der Waals surface area contributed by atoms with E-state index in [0.717, 1.165) is 60.0 Å². The van der Waals surface area contributed by atoms with Crippen LogP contribution < -0.4 is 0 Å². The minimum atomic E-state index is 0.688. The predicted octanol–water partition coefficient (Wildman–Crippen LogP) is 13.5. The van der Waals surface area contributed by atoms with Crippen LogP contribution in [0.25, 0.3) is 114 Å². The van der Waals surface area contributed by atoms with Gasteiger partial charge < -0.3 is 8.98 Å². The highest BCUT2D eigenvalue weighted by molar-refractivity contribution is 7.26. The first kappa shape index (κ1) is 28.8. The zero-order valence-electron chi connectivity index (χ0n) is 28.2. The average molecular weight is 694 g/mol. The topological polar surface area (TPSA) is 43.9 Å². The van der Waals surface area contributed by atoms with Gasteiger partial charge in [0, 0.05) is 54.5 Å². The van der Waals surface area contributed by atoms with E-state index in [4.69, 9.17) is 14.4 Å². The minimum absolute atomic E-state index is 0.688. The highest BCUT2D eigenvalue weighted by atomic mass is 32.1. The van der Waals surface area contributed by atoms with Crippen LogP contribution in [0.3, 0.4) is 0 Å². The van der Waals surface area contributed by atoms with E-state index in [-0.39, 0.29) is 0 Å². The predicted molar refractivity (Wildman–Crippen MR) is 222 cm³/mol. The molecule has 246 valence electrons. The summed E-state index contributed by atoms with van der Waals surface area (Å²) in [6, 6.07) is 58.3. The molecule has 53 heavy (non-hydrogen) atoms. The monoisotopic (exact) mass is 693 g/mol. The lowest BCUT2D eigenvalue weighted by Crippen LogP contribution is -1.93. The Hall–Kier alpha value is -6.82. The fraction of sp³-hybridized carbons (Fsp3) is 0. The molecule has 12 aromatic rings. The summed E-state index contributed by atoms with van der Waals surface area (Å²) in [5.74, 6) is 0.688. The molecule has 0 N–H and O–H groups in total. The second kappa shape index (κ2) is 10.8. The number of benzene rings is 8. The van der Waals surface area contributed by atoms with Crippen molar-refractivity contribution in [2.75, 3.05) is 0 Å². The summed E-state index contributed by atoms with van der Waals surface area (Å²) >= 11 is 1.75. The van der Waals surface area contributed by atoms with Crippen molar-refractivity contribution in [1.82, 2.24) is 14.5 Å². The summed E-state index contributed by atoms with van der Waals surface area (Å²) in [6.45, 7) is 0. The molecule has 0 aliphatic heterocycles. The molecule has 0 fully saturated rings. The lowest BCUT2D eigenvalue weighted by atomic mass is 10.00. The van der Waals surface area contributed by atoms with Crippen LogP contribution in [0.1, 0.15) is 0 Å². The Labute approximate surface area is 306 Å². The molecular formula is C48H27N3OS. The molecule has 0 saturated heterocycles. The fourth-order valence-corrected chi connectivity index (χ4v) is 9.54. The number of thiophene rings is 1. The molecule has 12 rings (SSSR count). The van der Waals surface area contributed by atoms with Crippen molar-refractivity contribution in [3.05, 3.63) is 164 Å². The maximum Gasteiger partial charge on any atom is 0.160 e. The van der Waals surface area contributed by atoms with Gasteiger partial charge in [-0.25, -0.2) is 9.97 Å². The lowest BCUT2D eigenvalue weighted by molar-refractivity contribution is 0.669. The third-order valence-electron chi connectivity index (χ3n) is 10.8. The van der Waals surface area contributed by atoms with Crippen LogP contribution >= 0.6 is 11.3 Å². The highest BCUT2D eigenvalue weighted by Crippen LogP contribution is 2.43. The summed E-state index contributed by atoms with van der Waals surface area (Å²) in [5.41, 5.74) is 9.01. The highest BCUT2D eigenvalue weighted by Gasteiger charge is 2.20. The SMILES string of the molecule is c1ccc(-c2nc(-c3ccc4c(c3)oc3cc(-n5c6ccc7ccccc7c6c6c7ccccc7ccc65)ccc34)nc3c2sc2ccccc23)cc1. The number of nitrogens with zero attached hydrogens (tertiary/aromatic N) is 3. The first-order chi connectivity index (χ1) is 26.3. The van der Waals surface area contributed by atoms with Gasteiger partial charge in [-0.3, -0.25) is 0 Å². The molecule has 8 aromatic carbocycles. The molecular weight excluding hydrogens is 667 g/mol. The Balaban J connectivity index is 1.06. The van der Waals surface area contributed by atoms with E-state index in [2.05, 4.69) is 162 Å². The molecule has 5 heteroatoms. The molecule has 0 atom stereocenters. The molecule has 0 radical (unpaired) electrons. The van der Waals surface area contributed by atoms with Crippen LogP contribution in [0.5, 0.6) is 0 Å². The molecule has 0 aliphatic rings. The summed E-state index contributed by atoms with van der Waals surface area (Å²) in [7, 11) is 0. The third-order valence-corrected chi connectivity index (χ3v) is 12.0. The van der Waals surface area contributed by atoms with Crippen molar-refractivity contribution in [2.45, 2.75) is 0 Å². The maximum atomic E-state index is 6.71. The van der Waals surface area contributed by atoms with Gasteiger partial charge in [-0.2, -0.15) is 0 Å². The Morgan fingerprint density at radius 1 is 0.472 bits per heavy atom. The number of furan rings is 1. The third kappa shape index (κ3) is 4.17. The number of hydrogen-bond donors (Lipinski definition) is 0. The zero-order chi connectivity index (χ0) is 34.6. The van der Waals surface area contributed by atoms with Crippen molar-refractivity contribution in [3.8, 4) is 28.3 Å². The first-order valence-corrected chi connectivity index (χ1v) is 18.6. The number of fused-ring (bicyclic) bond motifs is 13. The van der Waals surface area contributed by atoms with Crippen LogP contribution in [-0.4, -0.2) is 14.5 Å². The molecule has 0 spiro atoms. The quantitative estimate of drug-likeness (QED) is 0.185. The normalized spacial score (nSPS) is 12.2. The van der Waals surface area contributed by atoms with Gasteiger partial charge in [0.1, 0.15) is 11.2 Å². The Kier molecular flexibility index (Phi) is 5.90. The van der Waals surface area contributed by atoms with Crippen molar-refractivity contribution in [1.29, 1.82) is 0 Å². The van der Waals surface area contributed by atoms with Gasteiger partial charge >= 0.3 is 0 Å². The van der Waals surface area contributed by atoms with E-state index in [0.29, 0.717) is 5.82 Å². The standard InChI is InChI=1S/C48H27N3OS/c1-2-12-30(13-3-1)45-47-46(37-16-8-9-17-42(37)53-47)50-48(49-45)31-18-22-35-36-23-21-32(27-41(36)52-40(35)26-31)51-38-24-19-28-10-4-6-14-33(28)43(38)44-34-15-7-5-11-29(34)20-25-39(44)51/h1-27H. The van der Waals surface area contributed by atoms with Crippen LogP contribution in [0.15, 0.2) is 168 Å². The molecule has 0 bridgehead atoms. The maximum absolute atomic E-state index is 6.71. The average Bonchev–Trinajstić information content (AvgIpc) is 3.90. The first-order valence-electron chi connectivity index (χ1n) is 17.8. The largest absolute Gasteiger partial charge is 0.456 e. The second-order valence-electron chi connectivity index (χ2n) is 13.7. The molecule has 4 heterocycles. The molecule has 0 unspecified atom stereocenters. The van der Waals surface area contributed by atoms with E-state index in [9.17, 15) is 0 Å². The van der Waals surface area contributed by atoms with Crippen LogP contribution in [0.2, 0.25) is 0 Å². The van der Waals surface area contributed by atoms with Crippen LogP contribution in [0.4, 0.5) is 0 Å². The van der Waals surface area contributed by atoms with Gasteiger partial charge in [-0.05, 0) is 64.0 Å². The Morgan fingerprint density at radius 3 is 1.83 bits per heavy atom. The van der Waals surface area contributed by atoms with E-state index >= 15 is 0 Å². The minimum Gasteiger partial charge on any atom is -0.456 e. The molecule has 0 amide bonds. The number of rotatable bonds is 3. The van der Waals surface area contributed by atoms with Crippen molar-refractivity contribution < 1.29 is 4.42 Å². The van der Waals surface area contributed by atoms with Gasteiger partial charge in [-0.15, -0.1) is 11.3 Å². The van der Waals surface area contributed by atoms with Gasteiger partial charge in [0.2, 0.25) is 0 Å². The molecule has 4 nitrogen and oxygen atoms in total. The van der Waals surface area contributed by atoms with Crippen LogP contribution in [0, 0.1) is 0 Å². The van der Waals surface area contributed by atoms with E-state index in [1.54, 1.807) is 11.3 Å². The molecule has 4 aromatic heterocycles. The van der Waals surface area contributed by atoms with E-state index < -0.39 is 0 Å². The van der Waals surface area contributed by atoms with Gasteiger partial charge in [0.25, 0.3) is 0 Å². The van der Waals surface area contributed by atoms with E-state index in [1.807, 2.05) is 6.07 Å². The second-order valence-corrected chi connectivity index (χ2v) is 14.8. The smallest absolute Gasteiger partial charge is 0.160 e. The van der Waals surface area contributed by atoms with E-state index in [1.165, 1.54) is 48.1 Å². The number of aromatic nitrogens is 3. The Morgan fingerprint density at radius 2 is 1.09 bits per heavy atom. The van der Waals surface area contributed by atoms with Crippen LogP contribution in [-0.2, 0) is 0 Å². The lowest BCUT2D eigenvalue weighted by Gasteiger charge is -2.08. The Bertz CT molecular complexity index is 3370. The molecule has 0 aliphatic carbocycles. The number of hydrogen-bond acceptors (Lipinski definition) is 4. The van der Waals surface area contributed by atoms with Gasteiger partial charge in [0.05, 0.1) is 26.9 Å². The van der Waals surface area contributed by atoms with Gasteiger partial charge in [0.15, 0.2) is 5.82 Å². The summed E-state index contributed by atoms with van der Waals surface area (Å²) in [6.07, 6.45) is 0. The van der Waals surface area contributed by atoms with Crippen molar-refractivity contribution in [2.24, 2.45) is 0 Å². The summed E-state index contributed by atoms with van der Waals surface area (Å²) in [4.78, 5) is 10.4. The van der Waals surface area contributed by atoms with Crippen molar-refractivity contribution >= 4 is 96.9 Å². The molecule has 0 saturated carbocycles. The zero-order valence-corrected chi connectivity index (χ0v) is 29.1. The fourth-order valence-electron chi connectivity index (χ4n) is 8.38.